The van der Waals surface area contributed by atoms with Crippen LogP contribution in [-0.2, 0) is 19.6 Å². The van der Waals surface area contributed by atoms with Gasteiger partial charge < -0.3 is 10.1 Å². The average Bonchev–Trinajstić information content (AvgIpc) is 2.38. The lowest BCUT2D eigenvalue weighted by Gasteiger charge is -2.19. The standard InChI is InChI=1S/C11H11FN2O4S2/c1-6(10(15)18-2)19-11-13-8-4-3-7(12)5-9(8)20(16,17)14-11/h3-6H,1-2H3,(H,13,14). The summed E-state index contributed by atoms with van der Waals surface area (Å²) in [6, 6.07) is 3.34. The van der Waals surface area contributed by atoms with E-state index in [4.69, 9.17) is 0 Å². The molecule has 2 rings (SSSR count). The predicted molar refractivity (Wildman–Crippen MR) is 73.7 cm³/mol. The Morgan fingerprint density at radius 2 is 2.20 bits per heavy atom. The summed E-state index contributed by atoms with van der Waals surface area (Å²) in [5.41, 5.74) is 0.223. The SMILES string of the molecule is COC(=O)C(C)SC1=NS(=O)(=O)c2cc(F)ccc2N1. The molecule has 6 nitrogen and oxygen atoms in total. The van der Waals surface area contributed by atoms with Gasteiger partial charge in [-0.25, -0.2) is 4.39 Å². The molecule has 0 bridgehead atoms. The number of fused-ring (bicyclic) bond motifs is 1. The third kappa shape index (κ3) is 2.93. The molecule has 1 N–H and O–H groups in total. The highest BCUT2D eigenvalue weighted by molar-refractivity contribution is 8.15. The van der Waals surface area contributed by atoms with Crippen molar-refractivity contribution in [2.45, 2.75) is 17.1 Å². The lowest BCUT2D eigenvalue weighted by molar-refractivity contribution is -0.139. The van der Waals surface area contributed by atoms with Gasteiger partial charge >= 0.3 is 5.97 Å². The third-order valence-electron chi connectivity index (χ3n) is 2.49. The number of carbonyl (C=O) groups excluding carboxylic acids is 1. The third-order valence-corrected chi connectivity index (χ3v) is 4.88. The maximum atomic E-state index is 13.1. The molecule has 0 radical (unpaired) electrons. The summed E-state index contributed by atoms with van der Waals surface area (Å²) in [6.45, 7) is 1.56. The smallest absolute Gasteiger partial charge is 0.318 e. The van der Waals surface area contributed by atoms with Gasteiger partial charge in [0.2, 0.25) is 0 Å². The summed E-state index contributed by atoms with van der Waals surface area (Å²) < 4.78 is 45.0. The van der Waals surface area contributed by atoms with Crippen LogP contribution in [0, 0.1) is 5.82 Å². The fourth-order valence-electron chi connectivity index (χ4n) is 1.54. The molecule has 0 aliphatic carbocycles. The Bertz CT molecular complexity index is 688. The molecule has 1 unspecified atom stereocenters. The van der Waals surface area contributed by atoms with Crippen molar-refractivity contribution in [3.05, 3.63) is 24.0 Å². The largest absolute Gasteiger partial charge is 0.468 e. The number of anilines is 1. The summed E-state index contributed by atoms with van der Waals surface area (Å²) in [5.74, 6) is -1.16. The first-order chi connectivity index (χ1) is 9.33. The van der Waals surface area contributed by atoms with Crippen molar-refractivity contribution in [1.29, 1.82) is 0 Å². The number of esters is 1. The van der Waals surface area contributed by atoms with Crippen LogP contribution >= 0.6 is 11.8 Å². The minimum Gasteiger partial charge on any atom is -0.468 e. The highest BCUT2D eigenvalue weighted by Crippen LogP contribution is 2.31. The summed E-state index contributed by atoms with van der Waals surface area (Å²) in [4.78, 5) is 11.1. The van der Waals surface area contributed by atoms with Gasteiger partial charge in [-0.3, -0.25) is 4.79 Å². The second kappa shape index (κ2) is 5.41. The molecule has 1 heterocycles. The van der Waals surface area contributed by atoms with E-state index < -0.39 is 27.1 Å². The second-order valence-corrected chi connectivity index (χ2v) is 6.82. The Balaban J connectivity index is 2.31. The van der Waals surface area contributed by atoms with Crippen LogP contribution in [0.1, 0.15) is 6.92 Å². The van der Waals surface area contributed by atoms with E-state index in [2.05, 4.69) is 14.5 Å². The number of rotatable bonds is 2. The zero-order valence-electron chi connectivity index (χ0n) is 10.6. The summed E-state index contributed by atoms with van der Waals surface area (Å²) in [5, 5.41) is 2.17. The van der Waals surface area contributed by atoms with Crippen LogP contribution in [0.4, 0.5) is 10.1 Å². The van der Waals surface area contributed by atoms with Crippen molar-refractivity contribution in [3.8, 4) is 0 Å². The van der Waals surface area contributed by atoms with Crippen LogP contribution < -0.4 is 5.32 Å². The number of nitrogens with zero attached hydrogens (tertiary/aromatic N) is 1. The maximum Gasteiger partial charge on any atom is 0.318 e. The molecule has 1 aliphatic rings. The molecule has 1 aliphatic heterocycles. The normalized spacial score (nSPS) is 17.4. The molecule has 0 saturated heterocycles. The minimum atomic E-state index is -3.98. The number of nitrogens with one attached hydrogen (secondary N) is 1. The summed E-state index contributed by atoms with van der Waals surface area (Å²) in [7, 11) is -2.74. The Labute approximate surface area is 119 Å². The zero-order chi connectivity index (χ0) is 14.9. The van der Waals surface area contributed by atoms with Gasteiger partial charge in [-0.05, 0) is 25.1 Å². The molecule has 0 fully saturated rings. The number of thioether (sulfide) groups is 1. The predicted octanol–water partition coefficient (Wildman–Crippen LogP) is 1.59. The van der Waals surface area contributed by atoms with E-state index in [0.717, 1.165) is 23.9 Å². The maximum absolute atomic E-state index is 13.1. The van der Waals surface area contributed by atoms with E-state index in [9.17, 15) is 17.6 Å². The molecule has 9 heteroatoms. The topological polar surface area (TPSA) is 84.8 Å². The van der Waals surface area contributed by atoms with Gasteiger partial charge in [0.15, 0.2) is 5.17 Å². The molecule has 1 aromatic rings. The number of benzene rings is 1. The Morgan fingerprint density at radius 1 is 1.50 bits per heavy atom. The second-order valence-electron chi connectivity index (χ2n) is 3.92. The van der Waals surface area contributed by atoms with Crippen molar-refractivity contribution in [3.63, 3.8) is 0 Å². The van der Waals surface area contributed by atoms with Crippen molar-refractivity contribution in [2.75, 3.05) is 12.4 Å². The first-order valence-corrected chi connectivity index (χ1v) is 7.81. The highest BCUT2D eigenvalue weighted by atomic mass is 32.2. The van der Waals surface area contributed by atoms with E-state index in [1.54, 1.807) is 6.92 Å². The number of carbonyl (C=O) groups is 1. The van der Waals surface area contributed by atoms with Crippen LogP contribution in [0.2, 0.25) is 0 Å². The van der Waals surface area contributed by atoms with E-state index in [1.165, 1.54) is 13.2 Å². The van der Waals surface area contributed by atoms with Crippen molar-refractivity contribution in [2.24, 2.45) is 4.40 Å². The zero-order valence-corrected chi connectivity index (χ0v) is 12.2. The molecule has 20 heavy (non-hydrogen) atoms. The van der Waals surface area contributed by atoms with Gasteiger partial charge in [0.05, 0.1) is 12.8 Å². The molecule has 108 valence electrons. The van der Waals surface area contributed by atoms with Gasteiger partial charge in [0.25, 0.3) is 10.0 Å². The van der Waals surface area contributed by atoms with Gasteiger partial charge in [0.1, 0.15) is 16.0 Å². The first-order valence-electron chi connectivity index (χ1n) is 5.49. The van der Waals surface area contributed by atoms with Crippen molar-refractivity contribution >= 4 is 38.6 Å². The van der Waals surface area contributed by atoms with E-state index in [1.807, 2.05) is 0 Å². The molecular formula is C11H11FN2O4S2. The fourth-order valence-corrected chi connectivity index (χ4v) is 3.73. The number of halogens is 1. The van der Waals surface area contributed by atoms with Gasteiger partial charge in [0, 0.05) is 0 Å². The van der Waals surface area contributed by atoms with Gasteiger partial charge in [-0.1, -0.05) is 11.8 Å². The van der Waals surface area contributed by atoms with Crippen LogP contribution in [0.5, 0.6) is 0 Å². The Morgan fingerprint density at radius 3 is 2.85 bits per heavy atom. The molecule has 0 amide bonds. The minimum absolute atomic E-state index is 0.0435. The Kier molecular flexibility index (Phi) is 4.00. The number of ether oxygens (including phenoxy) is 1. The monoisotopic (exact) mass is 318 g/mol. The highest BCUT2D eigenvalue weighted by Gasteiger charge is 2.28. The number of amidine groups is 1. The fraction of sp³-hybridized carbons (Fsp3) is 0.273. The Hall–Kier alpha value is -1.61. The van der Waals surface area contributed by atoms with Gasteiger partial charge in [-0.2, -0.15) is 8.42 Å². The van der Waals surface area contributed by atoms with E-state index in [-0.39, 0.29) is 15.8 Å². The van der Waals surface area contributed by atoms with Gasteiger partial charge in [-0.15, -0.1) is 4.40 Å². The first kappa shape index (κ1) is 14.8. The summed E-state index contributed by atoms with van der Waals surface area (Å²) in [6.07, 6.45) is 0. The van der Waals surface area contributed by atoms with Crippen LogP contribution in [-0.4, -0.2) is 31.9 Å². The molecule has 0 saturated carbocycles. The van der Waals surface area contributed by atoms with Crippen LogP contribution in [0.3, 0.4) is 0 Å². The van der Waals surface area contributed by atoms with Crippen molar-refractivity contribution in [1.82, 2.24) is 0 Å². The number of hydrogen-bond donors (Lipinski definition) is 1. The van der Waals surface area contributed by atoms with E-state index in [0.29, 0.717) is 0 Å². The number of sulfonamides is 1. The quantitative estimate of drug-likeness (QED) is 0.834. The molecule has 1 atom stereocenters. The summed E-state index contributed by atoms with van der Waals surface area (Å²) >= 11 is 0.915. The van der Waals surface area contributed by atoms with Crippen LogP contribution in [0.15, 0.2) is 27.5 Å². The lowest BCUT2D eigenvalue weighted by atomic mass is 10.3. The number of hydrogen-bond acceptors (Lipinski definition) is 6. The van der Waals surface area contributed by atoms with Crippen LogP contribution in [0.25, 0.3) is 0 Å². The number of methoxy groups -OCH3 is 1. The molecule has 0 aromatic heterocycles. The molecule has 0 spiro atoms. The van der Waals surface area contributed by atoms with E-state index >= 15 is 0 Å². The molecular weight excluding hydrogens is 307 g/mol. The average molecular weight is 318 g/mol. The molecule has 1 aromatic carbocycles. The lowest BCUT2D eigenvalue weighted by Crippen LogP contribution is -2.24. The van der Waals surface area contributed by atoms with Crippen molar-refractivity contribution < 1.29 is 22.3 Å².